The Bertz CT molecular complexity index is 719. The number of benzene rings is 2. The maximum Gasteiger partial charge on any atom is 0.258 e. The number of carbonyl (C=O) groups is 2. The SMILES string of the molecule is COCCCNC(=O)CNc1cccc(C(=O)N(C)c2ccccc2)c1. The second kappa shape index (κ2) is 10.2. The van der Waals surface area contributed by atoms with Gasteiger partial charge in [0.25, 0.3) is 5.91 Å². The van der Waals surface area contributed by atoms with Gasteiger partial charge < -0.3 is 20.3 Å². The fourth-order valence-electron chi connectivity index (χ4n) is 2.41. The molecule has 0 bridgehead atoms. The summed E-state index contributed by atoms with van der Waals surface area (Å²) in [4.78, 5) is 26.0. The van der Waals surface area contributed by atoms with Gasteiger partial charge in [0.15, 0.2) is 0 Å². The monoisotopic (exact) mass is 355 g/mol. The zero-order valence-corrected chi connectivity index (χ0v) is 15.2. The highest BCUT2D eigenvalue weighted by Crippen LogP contribution is 2.17. The summed E-state index contributed by atoms with van der Waals surface area (Å²) in [5, 5.41) is 5.85. The van der Waals surface area contributed by atoms with Crippen molar-refractivity contribution in [3.05, 3.63) is 60.2 Å². The lowest BCUT2D eigenvalue weighted by molar-refractivity contribution is -0.119. The summed E-state index contributed by atoms with van der Waals surface area (Å²) in [6, 6.07) is 16.6. The summed E-state index contributed by atoms with van der Waals surface area (Å²) in [6.45, 7) is 1.35. The maximum atomic E-state index is 12.6. The molecule has 2 N–H and O–H groups in total. The van der Waals surface area contributed by atoms with Gasteiger partial charge in [0, 0.05) is 44.2 Å². The van der Waals surface area contributed by atoms with Crippen LogP contribution in [-0.2, 0) is 9.53 Å². The van der Waals surface area contributed by atoms with Crippen molar-refractivity contribution in [1.29, 1.82) is 0 Å². The van der Waals surface area contributed by atoms with Gasteiger partial charge in [-0.15, -0.1) is 0 Å². The molecule has 0 aliphatic rings. The van der Waals surface area contributed by atoms with Crippen molar-refractivity contribution < 1.29 is 14.3 Å². The van der Waals surface area contributed by atoms with Crippen molar-refractivity contribution in [3.8, 4) is 0 Å². The number of carbonyl (C=O) groups excluding carboxylic acids is 2. The van der Waals surface area contributed by atoms with Gasteiger partial charge in [-0.1, -0.05) is 24.3 Å². The van der Waals surface area contributed by atoms with Gasteiger partial charge in [-0.3, -0.25) is 9.59 Å². The molecule has 0 aromatic heterocycles. The largest absolute Gasteiger partial charge is 0.385 e. The molecule has 0 heterocycles. The van der Waals surface area contributed by atoms with Gasteiger partial charge in [0.1, 0.15) is 0 Å². The fourth-order valence-corrected chi connectivity index (χ4v) is 2.41. The highest BCUT2D eigenvalue weighted by atomic mass is 16.5. The summed E-state index contributed by atoms with van der Waals surface area (Å²) < 4.78 is 4.94. The number of ether oxygens (including phenoxy) is 1. The molecule has 138 valence electrons. The number of nitrogens with zero attached hydrogens (tertiary/aromatic N) is 1. The second-order valence-corrected chi connectivity index (χ2v) is 5.83. The first-order valence-corrected chi connectivity index (χ1v) is 8.54. The number of hydrogen-bond acceptors (Lipinski definition) is 4. The number of nitrogens with one attached hydrogen (secondary N) is 2. The van der Waals surface area contributed by atoms with E-state index >= 15 is 0 Å². The van der Waals surface area contributed by atoms with Crippen LogP contribution >= 0.6 is 0 Å². The fraction of sp³-hybridized carbons (Fsp3) is 0.300. The van der Waals surface area contributed by atoms with E-state index in [0.29, 0.717) is 18.7 Å². The third-order valence-corrected chi connectivity index (χ3v) is 3.86. The number of anilines is 2. The molecule has 2 amide bonds. The molecule has 26 heavy (non-hydrogen) atoms. The summed E-state index contributed by atoms with van der Waals surface area (Å²) in [6.07, 6.45) is 0.776. The molecule has 0 aliphatic heterocycles. The minimum absolute atomic E-state index is 0.0979. The molecule has 0 saturated carbocycles. The maximum absolute atomic E-state index is 12.6. The van der Waals surface area contributed by atoms with Crippen LogP contribution in [0.4, 0.5) is 11.4 Å². The van der Waals surface area contributed by atoms with Crippen molar-refractivity contribution in [2.75, 3.05) is 44.1 Å². The van der Waals surface area contributed by atoms with Crippen LogP contribution in [0.2, 0.25) is 0 Å². The molecule has 0 saturated heterocycles. The van der Waals surface area contributed by atoms with Crippen LogP contribution in [0.25, 0.3) is 0 Å². The zero-order valence-electron chi connectivity index (χ0n) is 15.2. The Hall–Kier alpha value is -2.86. The van der Waals surface area contributed by atoms with Crippen LogP contribution < -0.4 is 15.5 Å². The molecule has 0 spiro atoms. The molecule has 2 rings (SSSR count). The van der Waals surface area contributed by atoms with Crippen LogP contribution in [0.15, 0.2) is 54.6 Å². The Kier molecular flexibility index (Phi) is 7.64. The van der Waals surface area contributed by atoms with Crippen LogP contribution in [0.5, 0.6) is 0 Å². The number of rotatable bonds is 9. The highest BCUT2D eigenvalue weighted by molar-refractivity contribution is 6.06. The molecule has 0 atom stereocenters. The Labute approximate surface area is 154 Å². The average molecular weight is 355 g/mol. The molecule has 6 nitrogen and oxygen atoms in total. The van der Waals surface area contributed by atoms with Gasteiger partial charge in [0.2, 0.25) is 5.91 Å². The third-order valence-electron chi connectivity index (χ3n) is 3.86. The van der Waals surface area contributed by atoms with Crippen LogP contribution in [0.3, 0.4) is 0 Å². The lowest BCUT2D eigenvalue weighted by Gasteiger charge is -2.18. The normalized spacial score (nSPS) is 10.2. The summed E-state index contributed by atoms with van der Waals surface area (Å²) in [5.74, 6) is -0.205. The van der Waals surface area contributed by atoms with E-state index in [4.69, 9.17) is 4.74 Å². The third kappa shape index (κ3) is 5.89. The molecular weight excluding hydrogens is 330 g/mol. The smallest absolute Gasteiger partial charge is 0.258 e. The number of para-hydroxylation sites is 1. The van der Waals surface area contributed by atoms with Gasteiger partial charge in [0.05, 0.1) is 6.54 Å². The first-order valence-electron chi connectivity index (χ1n) is 8.54. The topological polar surface area (TPSA) is 70.7 Å². The summed E-state index contributed by atoms with van der Waals surface area (Å²) in [5.41, 5.74) is 2.11. The lowest BCUT2D eigenvalue weighted by atomic mass is 10.1. The number of hydrogen-bond donors (Lipinski definition) is 2. The average Bonchev–Trinajstić information content (AvgIpc) is 2.69. The van der Waals surface area contributed by atoms with Gasteiger partial charge in [-0.25, -0.2) is 0 Å². The quantitative estimate of drug-likeness (QED) is 0.678. The van der Waals surface area contributed by atoms with Gasteiger partial charge in [-0.2, -0.15) is 0 Å². The minimum Gasteiger partial charge on any atom is -0.385 e. The molecular formula is C20H25N3O3. The first-order chi connectivity index (χ1) is 12.6. The van der Waals surface area contributed by atoms with E-state index in [0.717, 1.165) is 17.8 Å². The molecule has 0 fully saturated rings. The van der Waals surface area contributed by atoms with Crippen molar-refractivity contribution in [2.24, 2.45) is 0 Å². The summed E-state index contributed by atoms with van der Waals surface area (Å²) in [7, 11) is 3.37. The van der Waals surface area contributed by atoms with E-state index in [2.05, 4.69) is 10.6 Å². The lowest BCUT2D eigenvalue weighted by Crippen LogP contribution is -2.31. The Morgan fingerprint density at radius 1 is 1.08 bits per heavy atom. The molecule has 2 aromatic carbocycles. The molecule has 0 unspecified atom stereocenters. The summed E-state index contributed by atoms with van der Waals surface area (Å²) >= 11 is 0. The standard InChI is InChI=1S/C20H25N3O3/c1-23(18-10-4-3-5-11-18)20(25)16-8-6-9-17(14-16)22-15-19(24)21-12-7-13-26-2/h3-6,8-11,14,22H,7,12-13,15H2,1-2H3,(H,21,24). The van der Waals surface area contributed by atoms with E-state index < -0.39 is 0 Å². The number of amides is 2. The Balaban J connectivity index is 1.91. The van der Waals surface area contributed by atoms with Crippen LogP contribution in [-0.4, -0.2) is 45.7 Å². The number of methoxy groups -OCH3 is 1. The molecule has 6 heteroatoms. The Morgan fingerprint density at radius 2 is 1.85 bits per heavy atom. The minimum atomic E-state index is -0.108. The first kappa shape index (κ1) is 19.5. The van der Waals surface area contributed by atoms with Crippen LogP contribution in [0.1, 0.15) is 16.8 Å². The van der Waals surface area contributed by atoms with Crippen molar-refractivity contribution in [2.45, 2.75) is 6.42 Å². The second-order valence-electron chi connectivity index (χ2n) is 5.83. The van der Waals surface area contributed by atoms with Gasteiger partial charge in [-0.05, 0) is 36.8 Å². The van der Waals surface area contributed by atoms with Crippen molar-refractivity contribution in [3.63, 3.8) is 0 Å². The van der Waals surface area contributed by atoms with E-state index in [-0.39, 0.29) is 18.4 Å². The molecule has 0 aliphatic carbocycles. The highest BCUT2D eigenvalue weighted by Gasteiger charge is 2.13. The molecule has 2 aromatic rings. The van der Waals surface area contributed by atoms with Crippen molar-refractivity contribution in [1.82, 2.24) is 5.32 Å². The van der Waals surface area contributed by atoms with E-state index in [9.17, 15) is 9.59 Å². The van der Waals surface area contributed by atoms with Gasteiger partial charge >= 0.3 is 0 Å². The predicted octanol–water partition coefficient (Wildman–Crippen LogP) is 2.53. The molecule has 0 radical (unpaired) electrons. The Morgan fingerprint density at radius 3 is 2.58 bits per heavy atom. The predicted molar refractivity (Wildman–Crippen MR) is 104 cm³/mol. The zero-order chi connectivity index (χ0) is 18.8. The van der Waals surface area contributed by atoms with E-state index in [1.807, 2.05) is 36.4 Å². The van der Waals surface area contributed by atoms with Crippen molar-refractivity contribution >= 4 is 23.2 Å². The van der Waals surface area contributed by atoms with Crippen LogP contribution in [0, 0.1) is 0 Å². The van der Waals surface area contributed by atoms with E-state index in [1.165, 1.54) is 0 Å². The van der Waals surface area contributed by atoms with E-state index in [1.54, 1.807) is 37.3 Å².